The van der Waals surface area contributed by atoms with Crippen LogP contribution in [0.5, 0.6) is 0 Å². The second-order valence-electron chi connectivity index (χ2n) is 7.99. The maximum atomic E-state index is 11.1. The number of halogens is 1. The molecule has 0 atom stereocenters. The molecular weight excluding hydrogens is 506 g/mol. The van der Waals surface area contributed by atoms with Gasteiger partial charge in [0.15, 0.2) is 5.82 Å². The number of nitro groups is 1. The Morgan fingerprint density at radius 2 is 1.89 bits per heavy atom. The number of unbranched alkanes of at least 4 members (excludes halogenated alkanes) is 1. The largest absolute Gasteiger partial charge is 0.363 e. The van der Waals surface area contributed by atoms with Crippen LogP contribution in [0.2, 0.25) is 5.02 Å². The van der Waals surface area contributed by atoms with E-state index in [4.69, 9.17) is 11.6 Å². The van der Waals surface area contributed by atoms with Crippen molar-refractivity contribution in [3.63, 3.8) is 0 Å². The molecule has 3 rings (SSSR count). The van der Waals surface area contributed by atoms with E-state index in [9.17, 15) is 10.1 Å². The first-order chi connectivity index (χ1) is 16.8. The summed E-state index contributed by atoms with van der Waals surface area (Å²) >= 11 is 10.0. The summed E-state index contributed by atoms with van der Waals surface area (Å²) in [6, 6.07) is 2.06. The number of nitrogens with zero attached hydrogens (tertiary/aromatic N) is 6. The normalized spacial score (nSPS) is 11.1. The molecule has 0 aliphatic heterocycles. The van der Waals surface area contributed by atoms with E-state index in [0.29, 0.717) is 35.6 Å². The average molecular weight is 536 g/mol. The number of rotatable bonds is 13. The molecule has 0 aliphatic rings. The first kappa shape index (κ1) is 27.2. The highest BCUT2D eigenvalue weighted by Crippen LogP contribution is 2.27. The van der Waals surface area contributed by atoms with E-state index in [-0.39, 0.29) is 10.7 Å². The van der Waals surface area contributed by atoms with Crippen LogP contribution in [0.3, 0.4) is 0 Å². The molecular formula is C23H30ClN7O2S2. The fourth-order valence-corrected chi connectivity index (χ4v) is 5.64. The topological polar surface area (TPSA) is 112 Å². The van der Waals surface area contributed by atoms with E-state index < -0.39 is 0 Å². The van der Waals surface area contributed by atoms with Crippen molar-refractivity contribution in [3.8, 4) is 0 Å². The number of thioether (sulfide) groups is 2. The molecule has 0 aromatic carbocycles. The number of aromatic nitrogens is 5. The van der Waals surface area contributed by atoms with Crippen LogP contribution in [0, 0.1) is 37.8 Å². The minimum absolute atomic E-state index is 0.0622. The zero-order chi connectivity index (χ0) is 25.4. The summed E-state index contributed by atoms with van der Waals surface area (Å²) in [4.78, 5) is 29.2. The molecule has 35 heavy (non-hydrogen) atoms. The van der Waals surface area contributed by atoms with Crippen LogP contribution in [0.15, 0.2) is 23.4 Å². The molecule has 0 bridgehead atoms. The number of anilines is 1. The minimum Gasteiger partial charge on any atom is -0.363 e. The van der Waals surface area contributed by atoms with Crippen LogP contribution >= 0.6 is 35.1 Å². The van der Waals surface area contributed by atoms with Crippen molar-refractivity contribution in [3.05, 3.63) is 62.2 Å². The Morgan fingerprint density at radius 1 is 1.11 bits per heavy atom. The van der Waals surface area contributed by atoms with Crippen LogP contribution < -0.4 is 5.32 Å². The highest BCUT2D eigenvalue weighted by Gasteiger charge is 2.16. The SMILES string of the molecule is Cc1nc(C)c(Cl)c(NCc2nccc(SCCCCSCCn3c([N+](=O)[O-])cnc3C)c2C)n1. The fraction of sp³-hybridized carbons (Fsp3) is 0.478. The number of aryl methyl sites for hydroxylation is 3. The number of pyridine rings is 1. The van der Waals surface area contributed by atoms with Gasteiger partial charge in [-0.2, -0.15) is 11.8 Å². The lowest BCUT2D eigenvalue weighted by Gasteiger charge is -2.13. The van der Waals surface area contributed by atoms with Crippen molar-refractivity contribution in [2.45, 2.75) is 58.5 Å². The fourth-order valence-electron chi connectivity index (χ4n) is 3.50. The molecule has 3 heterocycles. The molecule has 0 spiro atoms. The third kappa shape index (κ3) is 7.55. The van der Waals surface area contributed by atoms with Gasteiger partial charge < -0.3 is 15.4 Å². The molecule has 0 saturated carbocycles. The van der Waals surface area contributed by atoms with Gasteiger partial charge in [-0.1, -0.05) is 11.6 Å². The van der Waals surface area contributed by atoms with Crippen molar-refractivity contribution in [2.75, 3.05) is 22.6 Å². The van der Waals surface area contributed by atoms with Crippen LogP contribution in [-0.2, 0) is 13.1 Å². The van der Waals surface area contributed by atoms with Crippen molar-refractivity contribution in [1.82, 2.24) is 24.5 Å². The summed E-state index contributed by atoms with van der Waals surface area (Å²) in [5, 5.41) is 14.9. The summed E-state index contributed by atoms with van der Waals surface area (Å²) in [6.45, 7) is 8.76. The molecule has 9 nitrogen and oxygen atoms in total. The predicted molar refractivity (Wildman–Crippen MR) is 144 cm³/mol. The molecule has 3 aromatic rings. The van der Waals surface area contributed by atoms with Crippen molar-refractivity contribution in [2.24, 2.45) is 0 Å². The Labute approximate surface area is 219 Å². The van der Waals surface area contributed by atoms with Gasteiger partial charge in [0, 0.05) is 23.8 Å². The predicted octanol–water partition coefficient (Wildman–Crippen LogP) is 5.78. The van der Waals surface area contributed by atoms with Gasteiger partial charge in [-0.05, 0) is 61.7 Å². The lowest BCUT2D eigenvalue weighted by atomic mass is 10.2. The van der Waals surface area contributed by atoms with Crippen LogP contribution in [-0.4, -0.2) is 46.7 Å². The van der Waals surface area contributed by atoms with Gasteiger partial charge in [0.05, 0.1) is 17.9 Å². The summed E-state index contributed by atoms with van der Waals surface area (Å²) in [6.07, 6.45) is 5.38. The number of imidazole rings is 1. The Kier molecular flexibility index (Phi) is 10.2. The van der Waals surface area contributed by atoms with Gasteiger partial charge >= 0.3 is 5.82 Å². The molecule has 0 amide bonds. The number of nitrogens with one attached hydrogen (secondary N) is 1. The second kappa shape index (κ2) is 13.1. The third-order valence-corrected chi connectivity index (χ3v) is 8.18. The van der Waals surface area contributed by atoms with Crippen molar-refractivity contribution in [1.29, 1.82) is 0 Å². The van der Waals surface area contributed by atoms with Crippen molar-refractivity contribution >= 4 is 46.8 Å². The summed E-state index contributed by atoms with van der Waals surface area (Å²) in [5.74, 6) is 4.95. The van der Waals surface area contributed by atoms with E-state index in [0.717, 1.165) is 47.1 Å². The lowest BCUT2D eigenvalue weighted by Crippen LogP contribution is -2.08. The highest BCUT2D eigenvalue weighted by atomic mass is 35.5. The second-order valence-corrected chi connectivity index (χ2v) is 10.7. The minimum atomic E-state index is -0.377. The number of hydrogen-bond donors (Lipinski definition) is 1. The average Bonchev–Trinajstić information content (AvgIpc) is 3.19. The van der Waals surface area contributed by atoms with Gasteiger partial charge in [-0.3, -0.25) is 4.98 Å². The van der Waals surface area contributed by atoms with Crippen LogP contribution in [0.25, 0.3) is 0 Å². The number of hydrogen-bond acceptors (Lipinski definition) is 9. The highest BCUT2D eigenvalue weighted by molar-refractivity contribution is 7.99. The van der Waals surface area contributed by atoms with Crippen LogP contribution in [0.4, 0.5) is 11.6 Å². The van der Waals surface area contributed by atoms with Gasteiger partial charge in [0.1, 0.15) is 29.4 Å². The molecule has 12 heteroatoms. The molecule has 1 N–H and O–H groups in total. The summed E-state index contributed by atoms with van der Waals surface area (Å²) in [5.41, 5.74) is 2.89. The van der Waals surface area contributed by atoms with Gasteiger partial charge in [-0.25, -0.2) is 19.5 Å². The van der Waals surface area contributed by atoms with Gasteiger partial charge in [0.25, 0.3) is 0 Å². The lowest BCUT2D eigenvalue weighted by molar-refractivity contribution is -0.392. The van der Waals surface area contributed by atoms with E-state index >= 15 is 0 Å². The summed E-state index contributed by atoms with van der Waals surface area (Å²) < 4.78 is 1.67. The maximum absolute atomic E-state index is 11.1. The molecule has 0 aliphatic carbocycles. The Hall–Kier alpha value is -2.37. The molecule has 188 valence electrons. The van der Waals surface area contributed by atoms with E-state index in [1.807, 2.05) is 43.6 Å². The van der Waals surface area contributed by atoms with Crippen molar-refractivity contribution < 1.29 is 4.92 Å². The smallest absolute Gasteiger partial charge is 0.342 e. The first-order valence-electron chi connectivity index (χ1n) is 11.3. The Bertz CT molecular complexity index is 1170. The summed E-state index contributed by atoms with van der Waals surface area (Å²) in [7, 11) is 0. The van der Waals surface area contributed by atoms with Crippen LogP contribution in [0.1, 0.15) is 41.4 Å². The zero-order valence-corrected chi connectivity index (χ0v) is 22.8. The molecule has 0 saturated heterocycles. The van der Waals surface area contributed by atoms with Gasteiger partial charge in [0.2, 0.25) is 0 Å². The van der Waals surface area contributed by atoms with Gasteiger partial charge in [-0.15, -0.1) is 11.8 Å². The standard InChI is InChI=1S/C23H30ClN7O2S2/c1-15-19(13-27-23-22(24)16(2)28-17(3)29-23)25-8-7-20(15)35-11-6-5-10-34-12-9-30-18(4)26-14-21(30)31(32)33/h7-8,14H,5-6,9-13H2,1-4H3,(H,27,28,29). The third-order valence-electron chi connectivity index (χ3n) is 5.43. The molecule has 0 unspecified atom stereocenters. The Morgan fingerprint density at radius 3 is 2.66 bits per heavy atom. The Balaban J connectivity index is 1.39. The molecule has 0 radical (unpaired) electrons. The maximum Gasteiger partial charge on any atom is 0.342 e. The van der Waals surface area contributed by atoms with E-state index in [1.165, 1.54) is 11.1 Å². The first-order valence-corrected chi connectivity index (χ1v) is 13.9. The zero-order valence-electron chi connectivity index (χ0n) is 20.4. The molecule has 3 aromatic heterocycles. The van der Waals surface area contributed by atoms with E-state index in [2.05, 4.69) is 38.2 Å². The van der Waals surface area contributed by atoms with E-state index in [1.54, 1.807) is 11.5 Å². The molecule has 0 fully saturated rings. The monoisotopic (exact) mass is 535 g/mol. The quantitative estimate of drug-likeness (QED) is 0.126.